The molecule has 94 valence electrons. The van der Waals surface area contributed by atoms with E-state index in [-0.39, 0.29) is 11.6 Å². The Hall–Kier alpha value is -1.52. The maximum atomic E-state index is 12.5. The average Bonchev–Trinajstić information content (AvgIpc) is 2.19. The SMILES string of the molecule is Cc1ccc(C(F)(F)F)cc1N=C(N)C(C)C. The first-order valence-electron chi connectivity index (χ1n) is 5.23. The van der Waals surface area contributed by atoms with E-state index in [0.717, 1.165) is 12.1 Å². The zero-order chi connectivity index (χ0) is 13.2. The van der Waals surface area contributed by atoms with Gasteiger partial charge in [0, 0.05) is 5.92 Å². The van der Waals surface area contributed by atoms with Crippen LogP contribution in [0.15, 0.2) is 23.2 Å². The van der Waals surface area contributed by atoms with Crippen molar-refractivity contribution in [2.75, 3.05) is 0 Å². The normalized spacial score (nSPS) is 13.2. The van der Waals surface area contributed by atoms with Crippen molar-refractivity contribution < 1.29 is 13.2 Å². The Kier molecular flexibility index (Phi) is 3.80. The number of aliphatic imine (C=N–C) groups is 1. The Bertz CT molecular complexity index is 434. The molecule has 1 aromatic carbocycles. The Balaban J connectivity index is 3.21. The second-order valence-electron chi connectivity index (χ2n) is 4.19. The van der Waals surface area contributed by atoms with Gasteiger partial charge in [0.05, 0.1) is 11.3 Å². The molecule has 0 aliphatic carbocycles. The quantitative estimate of drug-likeness (QED) is 0.625. The van der Waals surface area contributed by atoms with Crippen LogP contribution in [0.4, 0.5) is 18.9 Å². The maximum Gasteiger partial charge on any atom is 0.416 e. The molecule has 0 bridgehead atoms. The summed E-state index contributed by atoms with van der Waals surface area (Å²) >= 11 is 0. The molecule has 0 aliphatic rings. The minimum absolute atomic E-state index is 0.00365. The third-order valence-electron chi connectivity index (χ3n) is 2.38. The summed E-state index contributed by atoms with van der Waals surface area (Å²) in [5.74, 6) is 0.330. The smallest absolute Gasteiger partial charge is 0.387 e. The van der Waals surface area contributed by atoms with Crippen molar-refractivity contribution in [1.82, 2.24) is 0 Å². The Morgan fingerprint density at radius 2 is 1.88 bits per heavy atom. The molecule has 17 heavy (non-hydrogen) atoms. The van der Waals surface area contributed by atoms with E-state index in [1.165, 1.54) is 6.07 Å². The summed E-state index contributed by atoms with van der Waals surface area (Å²) in [6.07, 6.45) is -4.36. The minimum Gasteiger partial charge on any atom is -0.387 e. The molecule has 0 saturated heterocycles. The summed E-state index contributed by atoms with van der Waals surface area (Å²) in [5, 5.41) is 0. The first kappa shape index (κ1) is 13.5. The van der Waals surface area contributed by atoms with Gasteiger partial charge in [0.15, 0.2) is 0 Å². The maximum absolute atomic E-state index is 12.5. The second kappa shape index (κ2) is 4.77. The molecule has 0 fully saturated rings. The van der Waals surface area contributed by atoms with Crippen LogP contribution in [0.3, 0.4) is 0 Å². The summed E-state index contributed by atoms with van der Waals surface area (Å²) < 4.78 is 37.5. The lowest BCUT2D eigenvalue weighted by Gasteiger charge is -2.10. The Labute approximate surface area is 98.4 Å². The molecule has 1 aromatic rings. The first-order valence-corrected chi connectivity index (χ1v) is 5.23. The predicted molar refractivity (Wildman–Crippen MR) is 62.3 cm³/mol. The summed E-state index contributed by atoms with van der Waals surface area (Å²) in [7, 11) is 0. The predicted octanol–water partition coefficient (Wildman–Crippen LogP) is 3.66. The van der Waals surface area contributed by atoms with Gasteiger partial charge in [-0.1, -0.05) is 19.9 Å². The number of aryl methyl sites for hydroxylation is 1. The zero-order valence-corrected chi connectivity index (χ0v) is 9.97. The van der Waals surface area contributed by atoms with Gasteiger partial charge < -0.3 is 5.73 Å². The number of amidine groups is 1. The molecule has 2 nitrogen and oxygen atoms in total. The van der Waals surface area contributed by atoms with Gasteiger partial charge in [-0.05, 0) is 24.6 Å². The number of halogens is 3. The fraction of sp³-hybridized carbons (Fsp3) is 0.417. The molecule has 2 N–H and O–H groups in total. The van der Waals surface area contributed by atoms with E-state index in [1.54, 1.807) is 6.92 Å². The number of hydrogen-bond donors (Lipinski definition) is 1. The second-order valence-corrected chi connectivity index (χ2v) is 4.19. The van der Waals surface area contributed by atoms with Crippen LogP contribution in [0, 0.1) is 12.8 Å². The molecule has 5 heteroatoms. The fourth-order valence-corrected chi connectivity index (χ4v) is 1.17. The van der Waals surface area contributed by atoms with Gasteiger partial charge in [0.25, 0.3) is 0 Å². The van der Waals surface area contributed by atoms with Crippen molar-refractivity contribution in [3.8, 4) is 0 Å². The first-order chi connectivity index (χ1) is 7.71. The fourth-order valence-electron chi connectivity index (χ4n) is 1.17. The van der Waals surface area contributed by atoms with E-state index in [4.69, 9.17) is 5.73 Å². The van der Waals surface area contributed by atoms with Crippen LogP contribution in [0.5, 0.6) is 0 Å². The highest BCUT2D eigenvalue weighted by Crippen LogP contribution is 2.33. The average molecular weight is 244 g/mol. The van der Waals surface area contributed by atoms with Crippen LogP contribution < -0.4 is 5.73 Å². The van der Waals surface area contributed by atoms with E-state index in [1.807, 2.05) is 13.8 Å². The van der Waals surface area contributed by atoms with Crippen molar-refractivity contribution in [3.05, 3.63) is 29.3 Å². The van der Waals surface area contributed by atoms with Gasteiger partial charge in [-0.25, -0.2) is 4.99 Å². The summed E-state index contributed by atoms with van der Waals surface area (Å²) in [4.78, 5) is 4.03. The van der Waals surface area contributed by atoms with Crippen molar-refractivity contribution in [3.63, 3.8) is 0 Å². The number of nitrogens with two attached hydrogens (primary N) is 1. The topological polar surface area (TPSA) is 38.4 Å². The van der Waals surface area contributed by atoms with Crippen molar-refractivity contribution in [1.29, 1.82) is 0 Å². The molecule has 0 heterocycles. The minimum atomic E-state index is -4.36. The van der Waals surface area contributed by atoms with Crippen LogP contribution in [0.2, 0.25) is 0 Å². The molecule has 0 atom stereocenters. The summed E-state index contributed by atoms with van der Waals surface area (Å²) in [6, 6.07) is 3.46. The molecule has 0 saturated carbocycles. The monoisotopic (exact) mass is 244 g/mol. The standard InChI is InChI=1S/C12H15F3N2/c1-7(2)11(16)17-10-6-9(12(13,14)15)5-4-8(10)3/h4-7H,1-3H3,(H2,16,17). The lowest BCUT2D eigenvalue weighted by atomic mass is 10.1. The lowest BCUT2D eigenvalue weighted by Crippen LogP contribution is -2.18. The Morgan fingerprint density at radius 3 is 2.35 bits per heavy atom. The van der Waals surface area contributed by atoms with Gasteiger partial charge in [0.2, 0.25) is 0 Å². The van der Waals surface area contributed by atoms with E-state index >= 15 is 0 Å². The van der Waals surface area contributed by atoms with Crippen LogP contribution in [0.25, 0.3) is 0 Å². The molecule has 0 aliphatic heterocycles. The van der Waals surface area contributed by atoms with E-state index in [0.29, 0.717) is 11.4 Å². The number of rotatable bonds is 2. The number of alkyl halides is 3. The van der Waals surface area contributed by atoms with Crippen molar-refractivity contribution in [2.24, 2.45) is 16.6 Å². The van der Waals surface area contributed by atoms with Crippen LogP contribution >= 0.6 is 0 Å². The third kappa shape index (κ3) is 3.47. The van der Waals surface area contributed by atoms with Crippen molar-refractivity contribution in [2.45, 2.75) is 26.9 Å². The van der Waals surface area contributed by atoms with Gasteiger partial charge in [-0.3, -0.25) is 0 Å². The molecular weight excluding hydrogens is 229 g/mol. The zero-order valence-electron chi connectivity index (χ0n) is 9.97. The lowest BCUT2D eigenvalue weighted by molar-refractivity contribution is -0.137. The largest absolute Gasteiger partial charge is 0.416 e. The highest BCUT2D eigenvalue weighted by molar-refractivity contribution is 5.85. The summed E-state index contributed by atoms with van der Waals surface area (Å²) in [5.41, 5.74) is 5.87. The number of nitrogens with zero attached hydrogens (tertiary/aromatic N) is 1. The number of hydrogen-bond acceptors (Lipinski definition) is 1. The van der Waals surface area contributed by atoms with Crippen LogP contribution in [-0.4, -0.2) is 5.84 Å². The third-order valence-corrected chi connectivity index (χ3v) is 2.38. The highest BCUT2D eigenvalue weighted by Gasteiger charge is 2.30. The van der Waals surface area contributed by atoms with Gasteiger partial charge in [-0.15, -0.1) is 0 Å². The Morgan fingerprint density at radius 1 is 1.29 bits per heavy atom. The summed E-state index contributed by atoms with van der Waals surface area (Å²) in [6.45, 7) is 5.37. The van der Waals surface area contributed by atoms with Crippen LogP contribution in [-0.2, 0) is 6.18 Å². The van der Waals surface area contributed by atoms with Crippen molar-refractivity contribution >= 4 is 11.5 Å². The molecule has 0 unspecified atom stereocenters. The molecule has 1 rings (SSSR count). The van der Waals surface area contributed by atoms with Gasteiger partial charge >= 0.3 is 6.18 Å². The van der Waals surface area contributed by atoms with E-state index in [2.05, 4.69) is 4.99 Å². The molecule has 0 aromatic heterocycles. The van der Waals surface area contributed by atoms with E-state index < -0.39 is 11.7 Å². The van der Waals surface area contributed by atoms with Crippen LogP contribution in [0.1, 0.15) is 25.0 Å². The molecule has 0 spiro atoms. The molecule has 0 amide bonds. The number of benzene rings is 1. The van der Waals surface area contributed by atoms with Gasteiger partial charge in [0.1, 0.15) is 5.84 Å². The van der Waals surface area contributed by atoms with Gasteiger partial charge in [-0.2, -0.15) is 13.2 Å². The highest BCUT2D eigenvalue weighted by atomic mass is 19.4. The molecule has 0 radical (unpaired) electrons. The van der Waals surface area contributed by atoms with E-state index in [9.17, 15) is 13.2 Å². The molecular formula is C12H15F3N2.